The summed E-state index contributed by atoms with van der Waals surface area (Å²) in [6.45, 7) is 7.82. The van der Waals surface area contributed by atoms with Crippen LogP contribution in [-0.2, 0) is 4.79 Å². The van der Waals surface area contributed by atoms with Gasteiger partial charge in [-0.05, 0) is 24.6 Å². The lowest BCUT2D eigenvalue weighted by Gasteiger charge is -2.36. The quantitative estimate of drug-likeness (QED) is 0.721. The van der Waals surface area contributed by atoms with Gasteiger partial charge < -0.3 is 19.6 Å². The Morgan fingerprint density at radius 2 is 1.59 bits per heavy atom. The van der Waals surface area contributed by atoms with E-state index in [0.29, 0.717) is 50.8 Å². The van der Waals surface area contributed by atoms with E-state index in [-0.39, 0.29) is 5.91 Å². The molecular formula is C21H26N6O2. The van der Waals surface area contributed by atoms with Crippen LogP contribution in [-0.4, -0.2) is 84.4 Å². The van der Waals surface area contributed by atoms with Crippen molar-refractivity contribution >= 4 is 24.0 Å². The maximum Gasteiger partial charge on any atom is 0.257 e. The Morgan fingerprint density at radius 3 is 2.21 bits per heavy atom. The number of amides is 2. The van der Waals surface area contributed by atoms with E-state index in [0.717, 1.165) is 19.5 Å². The lowest BCUT2D eigenvalue weighted by atomic mass is 10.2. The first kappa shape index (κ1) is 19.2. The highest BCUT2D eigenvalue weighted by Crippen LogP contribution is 2.19. The fourth-order valence-corrected chi connectivity index (χ4v) is 3.80. The van der Waals surface area contributed by atoms with E-state index in [4.69, 9.17) is 0 Å². The summed E-state index contributed by atoms with van der Waals surface area (Å²) in [6.07, 6.45) is 4.10. The van der Waals surface area contributed by atoms with Gasteiger partial charge in [0.1, 0.15) is 0 Å². The molecule has 0 saturated carbocycles. The topological polar surface area (TPSA) is 72.9 Å². The zero-order valence-corrected chi connectivity index (χ0v) is 16.7. The SMILES string of the molecule is Cc1cccc(N2CCN(C(=O)c3cnc(N4CCN(C=O)CC4)nc3)CC2)c1. The van der Waals surface area contributed by atoms with Gasteiger partial charge in [-0.3, -0.25) is 9.59 Å². The Hall–Kier alpha value is -3.16. The molecule has 2 aliphatic rings. The van der Waals surface area contributed by atoms with Crippen LogP contribution in [0.1, 0.15) is 15.9 Å². The fraction of sp³-hybridized carbons (Fsp3) is 0.429. The molecule has 1 aromatic carbocycles. The maximum atomic E-state index is 12.8. The molecule has 2 amide bonds. The molecule has 1 aromatic heterocycles. The van der Waals surface area contributed by atoms with Crippen LogP contribution < -0.4 is 9.80 Å². The Morgan fingerprint density at radius 1 is 0.931 bits per heavy atom. The summed E-state index contributed by atoms with van der Waals surface area (Å²) in [5.74, 6) is 0.586. The summed E-state index contributed by atoms with van der Waals surface area (Å²) in [7, 11) is 0. The number of aromatic nitrogens is 2. The second kappa shape index (κ2) is 8.46. The van der Waals surface area contributed by atoms with Gasteiger partial charge in [0.05, 0.1) is 5.56 Å². The monoisotopic (exact) mass is 394 g/mol. The lowest BCUT2D eigenvalue weighted by Crippen LogP contribution is -2.49. The molecule has 3 heterocycles. The third kappa shape index (κ3) is 4.31. The van der Waals surface area contributed by atoms with Crippen molar-refractivity contribution in [2.45, 2.75) is 6.92 Å². The van der Waals surface area contributed by atoms with Crippen LogP contribution in [0.2, 0.25) is 0 Å². The molecule has 2 fully saturated rings. The lowest BCUT2D eigenvalue weighted by molar-refractivity contribution is -0.118. The molecule has 8 nitrogen and oxygen atoms in total. The number of nitrogens with zero attached hydrogens (tertiary/aromatic N) is 6. The number of hydrogen-bond acceptors (Lipinski definition) is 6. The molecule has 0 bridgehead atoms. The van der Waals surface area contributed by atoms with Crippen LogP contribution in [0.5, 0.6) is 0 Å². The molecule has 0 spiro atoms. The summed E-state index contributed by atoms with van der Waals surface area (Å²) in [4.78, 5) is 40.4. The van der Waals surface area contributed by atoms with Crippen molar-refractivity contribution in [3.8, 4) is 0 Å². The first-order valence-corrected chi connectivity index (χ1v) is 10.0. The molecule has 4 rings (SSSR count). The van der Waals surface area contributed by atoms with Crippen LogP contribution in [0.3, 0.4) is 0 Å². The van der Waals surface area contributed by atoms with Gasteiger partial charge in [0.2, 0.25) is 12.4 Å². The number of carbonyl (C=O) groups is 2. The maximum absolute atomic E-state index is 12.8. The van der Waals surface area contributed by atoms with Crippen molar-refractivity contribution in [1.29, 1.82) is 0 Å². The number of benzene rings is 1. The molecule has 0 aliphatic carbocycles. The number of hydrogen-bond donors (Lipinski definition) is 0. The standard InChI is InChI=1S/C21H26N6O2/c1-17-3-2-4-19(13-17)25-9-11-26(12-10-25)20(29)18-14-22-21(23-15-18)27-7-5-24(16-28)6-8-27/h2-4,13-16H,5-12H2,1H3. The Bertz CT molecular complexity index is 856. The van der Waals surface area contributed by atoms with Crippen molar-refractivity contribution in [1.82, 2.24) is 19.8 Å². The van der Waals surface area contributed by atoms with Crippen molar-refractivity contribution < 1.29 is 9.59 Å². The zero-order valence-electron chi connectivity index (χ0n) is 16.7. The van der Waals surface area contributed by atoms with Gasteiger partial charge in [-0.2, -0.15) is 0 Å². The number of aryl methyl sites for hydroxylation is 1. The summed E-state index contributed by atoms with van der Waals surface area (Å²) in [6, 6.07) is 8.46. The first-order valence-electron chi connectivity index (χ1n) is 10.0. The average Bonchev–Trinajstić information content (AvgIpc) is 2.79. The van der Waals surface area contributed by atoms with Crippen molar-refractivity contribution in [3.05, 3.63) is 47.8 Å². The third-order valence-electron chi connectivity index (χ3n) is 5.57. The fourth-order valence-electron chi connectivity index (χ4n) is 3.80. The van der Waals surface area contributed by atoms with Crippen LogP contribution in [0.15, 0.2) is 36.7 Å². The van der Waals surface area contributed by atoms with Crippen LogP contribution in [0, 0.1) is 6.92 Å². The van der Waals surface area contributed by atoms with Crippen LogP contribution in [0.4, 0.5) is 11.6 Å². The third-order valence-corrected chi connectivity index (χ3v) is 5.57. The Balaban J connectivity index is 1.34. The molecule has 8 heteroatoms. The molecule has 0 atom stereocenters. The van der Waals surface area contributed by atoms with Crippen LogP contribution >= 0.6 is 0 Å². The second-order valence-corrected chi connectivity index (χ2v) is 7.52. The van der Waals surface area contributed by atoms with Crippen molar-refractivity contribution in [3.63, 3.8) is 0 Å². The second-order valence-electron chi connectivity index (χ2n) is 7.52. The minimum Gasteiger partial charge on any atom is -0.368 e. The molecule has 2 aromatic rings. The highest BCUT2D eigenvalue weighted by atomic mass is 16.2. The predicted octanol–water partition coefficient (Wildman–Crippen LogP) is 1.03. The molecule has 2 aliphatic heterocycles. The van der Waals surface area contributed by atoms with Gasteiger partial charge in [0.15, 0.2) is 0 Å². The van der Waals surface area contributed by atoms with Gasteiger partial charge in [-0.25, -0.2) is 9.97 Å². The zero-order chi connectivity index (χ0) is 20.2. The first-order chi connectivity index (χ1) is 14.1. The minimum absolute atomic E-state index is 0.0220. The van der Waals surface area contributed by atoms with E-state index in [1.807, 2.05) is 9.80 Å². The normalized spacial score (nSPS) is 17.4. The average molecular weight is 394 g/mol. The molecule has 29 heavy (non-hydrogen) atoms. The van der Waals surface area contributed by atoms with E-state index in [2.05, 4.69) is 46.1 Å². The number of carbonyl (C=O) groups excluding carboxylic acids is 2. The Kier molecular flexibility index (Phi) is 5.59. The number of anilines is 2. The van der Waals surface area contributed by atoms with E-state index < -0.39 is 0 Å². The Labute approximate surface area is 170 Å². The highest BCUT2D eigenvalue weighted by Gasteiger charge is 2.24. The minimum atomic E-state index is -0.0220. The van der Waals surface area contributed by atoms with E-state index in [1.54, 1.807) is 17.3 Å². The molecule has 152 valence electrons. The molecule has 2 saturated heterocycles. The highest BCUT2D eigenvalue weighted by molar-refractivity contribution is 5.93. The van der Waals surface area contributed by atoms with E-state index >= 15 is 0 Å². The van der Waals surface area contributed by atoms with Gasteiger partial charge in [-0.1, -0.05) is 12.1 Å². The number of rotatable bonds is 4. The predicted molar refractivity (Wildman–Crippen MR) is 111 cm³/mol. The van der Waals surface area contributed by atoms with Crippen molar-refractivity contribution in [2.75, 3.05) is 62.2 Å². The molecule has 0 unspecified atom stereocenters. The molecular weight excluding hydrogens is 368 g/mol. The molecule has 0 N–H and O–H groups in total. The smallest absolute Gasteiger partial charge is 0.257 e. The van der Waals surface area contributed by atoms with E-state index in [1.165, 1.54) is 11.3 Å². The number of piperazine rings is 2. The van der Waals surface area contributed by atoms with E-state index in [9.17, 15) is 9.59 Å². The van der Waals surface area contributed by atoms with Gasteiger partial charge in [-0.15, -0.1) is 0 Å². The molecule has 0 radical (unpaired) electrons. The van der Waals surface area contributed by atoms with Gasteiger partial charge in [0, 0.05) is 70.4 Å². The summed E-state index contributed by atoms with van der Waals surface area (Å²) in [5, 5.41) is 0. The van der Waals surface area contributed by atoms with Crippen molar-refractivity contribution in [2.24, 2.45) is 0 Å². The largest absolute Gasteiger partial charge is 0.368 e. The van der Waals surface area contributed by atoms with Gasteiger partial charge >= 0.3 is 0 Å². The summed E-state index contributed by atoms with van der Waals surface area (Å²) in [5.41, 5.74) is 2.97. The summed E-state index contributed by atoms with van der Waals surface area (Å²) < 4.78 is 0. The van der Waals surface area contributed by atoms with Crippen LogP contribution in [0.25, 0.3) is 0 Å². The summed E-state index contributed by atoms with van der Waals surface area (Å²) >= 11 is 0. The van der Waals surface area contributed by atoms with Gasteiger partial charge in [0.25, 0.3) is 5.91 Å².